The Balaban J connectivity index is 1.08. The monoisotopic (exact) mass is 560 g/mol. The topological polar surface area (TPSA) is 52.0 Å². The van der Waals surface area contributed by atoms with Crippen molar-refractivity contribution in [1.82, 2.24) is 0 Å². The zero-order chi connectivity index (χ0) is 29.6. The van der Waals surface area contributed by atoms with E-state index < -0.39 is 0 Å². The van der Waals surface area contributed by atoms with Crippen LogP contribution in [0, 0.1) is 0 Å². The van der Waals surface area contributed by atoms with Crippen LogP contribution in [0.15, 0.2) is 84.9 Å². The number of anilines is 2. The minimum absolute atomic E-state index is 0.831. The van der Waals surface area contributed by atoms with Gasteiger partial charge in [0, 0.05) is 11.4 Å². The van der Waals surface area contributed by atoms with Crippen molar-refractivity contribution in [2.24, 2.45) is 0 Å². The zero-order valence-electron chi connectivity index (χ0n) is 26.1. The molecule has 42 heavy (non-hydrogen) atoms. The van der Waals surface area contributed by atoms with Gasteiger partial charge in [0.1, 0.15) is 0 Å². The maximum absolute atomic E-state index is 5.84. The Hall–Kier alpha value is -3.52. The zero-order valence-corrected chi connectivity index (χ0v) is 26.1. The van der Waals surface area contributed by atoms with E-state index in [4.69, 9.17) is 11.5 Å². The Bertz CT molecular complexity index is 1240. The molecule has 0 fully saturated rings. The van der Waals surface area contributed by atoms with Gasteiger partial charge in [-0.25, -0.2) is 0 Å². The fourth-order valence-electron chi connectivity index (χ4n) is 6.16. The molecule has 0 aromatic heterocycles. The molecular weight excluding hydrogens is 508 g/mol. The minimum Gasteiger partial charge on any atom is -0.399 e. The first kappa shape index (κ1) is 31.4. The fraction of sp³-hybridized carbons (Fsp3) is 0.400. The number of hydrogen-bond acceptors (Lipinski definition) is 2. The molecule has 2 nitrogen and oxygen atoms in total. The molecule has 0 aliphatic rings. The molecule has 0 aliphatic carbocycles. The van der Waals surface area contributed by atoms with E-state index in [9.17, 15) is 0 Å². The van der Waals surface area contributed by atoms with Gasteiger partial charge in [0.25, 0.3) is 0 Å². The molecule has 0 amide bonds. The molecule has 222 valence electrons. The molecule has 4 N–H and O–H groups in total. The molecule has 4 aromatic rings. The molecule has 0 saturated heterocycles. The average molecular weight is 561 g/mol. The van der Waals surface area contributed by atoms with Gasteiger partial charge in [-0.2, -0.15) is 0 Å². The first-order valence-electron chi connectivity index (χ1n) is 16.4. The van der Waals surface area contributed by atoms with Crippen molar-refractivity contribution >= 4 is 11.4 Å². The summed E-state index contributed by atoms with van der Waals surface area (Å²) in [6, 6.07) is 30.8. The van der Waals surface area contributed by atoms with Crippen LogP contribution >= 0.6 is 0 Å². The number of hydrogen-bond donors (Lipinski definition) is 2. The standard InChI is InChI=1S/C40H52N2/c1-3-35-29-33(27-31-17-23-39(41)24-18-31)15-21-37(35)13-11-9-7-5-6-8-10-12-14-38-22-16-34(30-36(38)4-2)28-32-19-25-40(42)26-20-32/h15-26,29-30H,3-14,27-28,41-42H2,1-2H3. The first-order valence-corrected chi connectivity index (χ1v) is 16.4. The van der Waals surface area contributed by atoms with E-state index >= 15 is 0 Å². The quantitative estimate of drug-likeness (QED) is 0.0997. The highest BCUT2D eigenvalue weighted by Crippen LogP contribution is 2.21. The van der Waals surface area contributed by atoms with Crippen molar-refractivity contribution < 1.29 is 0 Å². The summed E-state index contributed by atoms with van der Waals surface area (Å²) in [4.78, 5) is 0. The summed E-state index contributed by atoms with van der Waals surface area (Å²) in [6.45, 7) is 4.57. The van der Waals surface area contributed by atoms with Gasteiger partial charge in [-0.15, -0.1) is 0 Å². The van der Waals surface area contributed by atoms with Gasteiger partial charge in [-0.3, -0.25) is 0 Å². The van der Waals surface area contributed by atoms with E-state index in [1.54, 1.807) is 11.1 Å². The van der Waals surface area contributed by atoms with Gasteiger partial charge >= 0.3 is 0 Å². The van der Waals surface area contributed by atoms with Crippen molar-refractivity contribution in [3.63, 3.8) is 0 Å². The number of nitrogen functional groups attached to an aromatic ring is 2. The Morgan fingerprint density at radius 3 is 1.07 bits per heavy atom. The SMILES string of the molecule is CCc1cc(Cc2ccc(N)cc2)ccc1CCCCCCCCCCc1ccc(Cc2ccc(N)cc2)cc1CC. The van der Waals surface area contributed by atoms with Crippen LogP contribution in [0.25, 0.3) is 0 Å². The van der Waals surface area contributed by atoms with Crippen LogP contribution in [0.2, 0.25) is 0 Å². The number of unbranched alkanes of at least 4 members (excludes halogenated alkanes) is 7. The predicted octanol–water partition coefficient (Wildman–Crippen LogP) is 10.1. The van der Waals surface area contributed by atoms with Crippen molar-refractivity contribution in [2.75, 3.05) is 11.5 Å². The summed E-state index contributed by atoms with van der Waals surface area (Å²) in [6.07, 6.45) is 17.4. The van der Waals surface area contributed by atoms with Crippen LogP contribution in [0.3, 0.4) is 0 Å². The molecular formula is C40H52N2. The Morgan fingerprint density at radius 2 is 0.714 bits per heavy atom. The lowest BCUT2D eigenvalue weighted by molar-refractivity contribution is 0.567. The van der Waals surface area contributed by atoms with Crippen molar-refractivity contribution in [3.05, 3.63) is 129 Å². The lowest BCUT2D eigenvalue weighted by Gasteiger charge is -2.12. The van der Waals surface area contributed by atoms with Gasteiger partial charge in [0.2, 0.25) is 0 Å². The Morgan fingerprint density at radius 1 is 0.381 bits per heavy atom. The van der Waals surface area contributed by atoms with Gasteiger partial charge in [-0.1, -0.05) is 113 Å². The van der Waals surface area contributed by atoms with Crippen molar-refractivity contribution in [2.45, 2.75) is 104 Å². The Labute approximate surface area is 255 Å². The molecule has 0 bridgehead atoms. The van der Waals surface area contributed by atoms with Gasteiger partial charge in [0.05, 0.1) is 0 Å². The van der Waals surface area contributed by atoms with E-state index in [-0.39, 0.29) is 0 Å². The third-order valence-corrected chi connectivity index (χ3v) is 8.72. The number of aryl methyl sites for hydroxylation is 4. The number of nitrogens with two attached hydrogens (primary N) is 2. The van der Waals surface area contributed by atoms with E-state index in [0.717, 1.165) is 37.1 Å². The molecule has 0 saturated carbocycles. The predicted molar refractivity (Wildman–Crippen MR) is 183 cm³/mol. The maximum atomic E-state index is 5.84. The number of rotatable bonds is 17. The summed E-state index contributed by atoms with van der Waals surface area (Å²) < 4.78 is 0. The molecule has 0 atom stereocenters. The van der Waals surface area contributed by atoms with Crippen molar-refractivity contribution in [3.8, 4) is 0 Å². The second kappa shape index (κ2) is 16.8. The second-order valence-corrected chi connectivity index (χ2v) is 12.1. The molecule has 0 unspecified atom stereocenters. The third kappa shape index (κ3) is 10.1. The molecule has 0 radical (unpaired) electrons. The summed E-state index contributed by atoms with van der Waals surface area (Å²) >= 11 is 0. The highest BCUT2D eigenvalue weighted by molar-refractivity contribution is 5.43. The number of benzene rings is 4. The van der Waals surface area contributed by atoms with Gasteiger partial charge < -0.3 is 11.5 Å². The van der Waals surface area contributed by atoms with Crippen LogP contribution in [-0.4, -0.2) is 0 Å². The molecule has 4 rings (SSSR count). The molecule has 2 heteroatoms. The fourth-order valence-corrected chi connectivity index (χ4v) is 6.16. The van der Waals surface area contributed by atoms with Gasteiger partial charge in [-0.05, 0) is 120 Å². The molecule has 0 heterocycles. The van der Waals surface area contributed by atoms with Crippen LogP contribution in [0.1, 0.15) is 110 Å². The smallest absolute Gasteiger partial charge is 0.0314 e. The van der Waals surface area contributed by atoms with Crippen LogP contribution in [0.4, 0.5) is 11.4 Å². The summed E-state index contributed by atoms with van der Waals surface area (Å²) in [5.74, 6) is 0. The largest absolute Gasteiger partial charge is 0.399 e. The Kier molecular flexibility index (Phi) is 12.6. The van der Waals surface area contributed by atoms with Gasteiger partial charge in [0.15, 0.2) is 0 Å². The average Bonchev–Trinajstić information content (AvgIpc) is 3.01. The summed E-state index contributed by atoms with van der Waals surface area (Å²) in [7, 11) is 0. The van der Waals surface area contributed by atoms with Crippen LogP contribution in [-0.2, 0) is 38.5 Å². The lowest BCUT2D eigenvalue weighted by Crippen LogP contribution is -1.97. The van der Waals surface area contributed by atoms with Crippen molar-refractivity contribution in [1.29, 1.82) is 0 Å². The normalized spacial score (nSPS) is 11.2. The molecule has 0 spiro atoms. The minimum atomic E-state index is 0.831. The van der Waals surface area contributed by atoms with Crippen LogP contribution < -0.4 is 11.5 Å². The van der Waals surface area contributed by atoms with Crippen LogP contribution in [0.5, 0.6) is 0 Å². The summed E-state index contributed by atoms with van der Waals surface area (Å²) in [5.41, 5.74) is 24.9. The highest BCUT2D eigenvalue weighted by atomic mass is 14.5. The lowest BCUT2D eigenvalue weighted by atomic mass is 9.94. The van der Waals surface area contributed by atoms with E-state index in [0.29, 0.717) is 0 Å². The molecule has 0 aliphatic heterocycles. The van der Waals surface area contributed by atoms with E-state index in [1.807, 2.05) is 24.3 Å². The maximum Gasteiger partial charge on any atom is 0.0314 e. The first-order chi connectivity index (χ1) is 20.5. The highest BCUT2D eigenvalue weighted by Gasteiger charge is 2.06. The summed E-state index contributed by atoms with van der Waals surface area (Å²) in [5, 5.41) is 0. The van der Waals surface area contributed by atoms with E-state index in [2.05, 4.69) is 74.5 Å². The second-order valence-electron chi connectivity index (χ2n) is 12.1. The molecule has 4 aromatic carbocycles. The third-order valence-electron chi connectivity index (χ3n) is 8.72. The van der Waals surface area contributed by atoms with E-state index in [1.165, 1.54) is 97.6 Å².